The van der Waals surface area contributed by atoms with E-state index >= 15 is 0 Å². The molecule has 0 rings (SSSR count). The first-order valence-electron chi connectivity index (χ1n) is 8.69. The van der Waals surface area contributed by atoms with Gasteiger partial charge >= 0.3 is 0 Å². The standard InChI is InChI=1S/C19H36O3/c1-15(20)18(3,4)13-9-7-11-17(22)12-8-10-14-19(5,6)16(2)21/h17,22H,7-14H2,1-6H3. The first-order chi connectivity index (χ1) is 9.99. The van der Waals surface area contributed by atoms with Crippen molar-refractivity contribution in [1.29, 1.82) is 0 Å². The summed E-state index contributed by atoms with van der Waals surface area (Å²) in [7, 11) is 0. The Morgan fingerprint density at radius 2 is 1.09 bits per heavy atom. The van der Waals surface area contributed by atoms with E-state index in [0.29, 0.717) is 0 Å². The van der Waals surface area contributed by atoms with Crippen LogP contribution in [-0.4, -0.2) is 22.8 Å². The molecule has 0 radical (unpaired) electrons. The SMILES string of the molecule is CC(=O)C(C)(C)CCCCC(O)CCCCC(C)(C)C(C)=O. The van der Waals surface area contributed by atoms with Crippen molar-refractivity contribution in [2.24, 2.45) is 10.8 Å². The van der Waals surface area contributed by atoms with Crippen molar-refractivity contribution < 1.29 is 14.7 Å². The van der Waals surface area contributed by atoms with E-state index in [4.69, 9.17) is 0 Å². The number of rotatable bonds is 12. The van der Waals surface area contributed by atoms with Gasteiger partial charge in [-0.25, -0.2) is 0 Å². The third-order valence-electron chi connectivity index (χ3n) is 5.08. The molecule has 0 saturated heterocycles. The van der Waals surface area contributed by atoms with Crippen LogP contribution >= 0.6 is 0 Å². The lowest BCUT2D eigenvalue weighted by atomic mass is 9.82. The Labute approximate surface area is 136 Å². The quantitative estimate of drug-likeness (QED) is 0.531. The Bertz CT molecular complexity index is 322. The molecule has 3 heteroatoms. The van der Waals surface area contributed by atoms with Gasteiger partial charge in [0, 0.05) is 10.8 Å². The Balaban J connectivity index is 3.73. The molecular formula is C19H36O3. The van der Waals surface area contributed by atoms with E-state index in [1.807, 2.05) is 27.7 Å². The molecule has 0 aliphatic rings. The Kier molecular flexibility index (Phi) is 9.14. The van der Waals surface area contributed by atoms with Gasteiger partial charge in [-0.1, -0.05) is 53.4 Å². The van der Waals surface area contributed by atoms with Gasteiger partial charge in [0.25, 0.3) is 0 Å². The third-order valence-corrected chi connectivity index (χ3v) is 5.08. The van der Waals surface area contributed by atoms with Crippen LogP contribution in [0.1, 0.15) is 92.9 Å². The van der Waals surface area contributed by atoms with Crippen molar-refractivity contribution in [2.75, 3.05) is 0 Å². The minimum Gasteiger partial charge on any atom is -0.393 e. The van der Waals surface area contributed by atoms with Crippen LogP contribution in [0.5, 0.6) is 0 Å². The molecule has 3 nitrogen and oxygen atoms in total. The van der Waals surface area contributed by atoms with Gasteiger partial charge in [0.2, 0.25) is 0 Å². The van der Waals surface area contributed by atoms with Crippen LogP contribution in [-0.2, 0) is 9.59 Å². The summed E-state index contributed by atoms with van der Waals surface area (Å²) < 4.78 is 0. The van der Waals surface area contributed by atoms with E-state index < -0.39 is 0 Å². The molecule has 130 valence electrons. The molecule has 0 spiro atoms. The smallest absolute Gasteiger partial charge is 0.135 e. The molecule has 0 aliphatic heterocycles. The zero-order valence-corrected chi connectivity index (χ0v) is 15.5. The van der Waals surface area contributed by atoms with Gasteiger partial charge in [-0.3, -0.25) is 9.59 Å². The Morgan fingerprint density at radius 1 is 0.773 bits per heavy atom. The number of ketones is 2. The fraction of sp³-hybridized carbons (Fsp3) is 0.895. The second kappa shape index (κ2) is 9.44. The predicted octanol–water partition coefficient (Wildman–Crippen LogP) is 4.70. The maximum absolute atomic E-state index is 11.4. The number of aliphatic hydroxyl groups is 1. The van der Waals surface area contributed by atoms with E-state index in [0.717, 1.165) is 51.4 Å². The van der Waals surface area contributed by atoms with Crippen molar-refractivity contribution in [1.82, 2.24) is 0 Å². The highest BCUT2D eigenvalue weighted by Crippen LogP contribution is 2.26. The average Bonchev–Trinajstić information content (AvgIpc) is 2.39. The molecule has 0 aromatic rings. The van der Waals surface area contributed by atoms with Crippen LogP contribution in [0.3, 0.4) is 0 Å². The molecule has 0 amide bonds. The first-order valence-corrected chi connectivity index (χ1v) is 8.69. The highest BCUT2D eigenvalue weighted by atomic mass is 16.3. The third kappa shape index (κ3) is 8.67. The minimum absolute atomic E-state index is 0.233. The van der Waals surface area contributed by atoms with Gasteiger partial charge in [-0.05, 0) is 39.5 Å². The van der Waals surface area contributed by atoms with Crippen molar-refractivity contribution >= 4 is 11.6 Å². The highest BCUT2D eigenvalue weighted by molar-refractivity contribution is 5.81. The lowest BCUT2D eigenvalue weighted by molar-refractivity contribution is -0.125. The molecule has 0 aromatic heterocycles. The normalized spacial score (nSPS) is 12.7. The van der Waals surface area contributed by atoms with Crippen LogP contribution in [0.4, 0.5) is 0 Å². The van der Waals surface area contributed by atoms with Crippen LogP contribution in [0.15, 0.2) is 0 Å². The summed E-state index contributed by atoms with van der Waals surface area (Å²) in [5.74, 6) is 0.474. The molecule has 0 heterocycles. The van der Waals surface area contributed by atoms with E-state index in [9.17, 15) is 14.7 Å². The summed E-state index contributed by atoms with van der Waals surface area (Å²) in [5, 5.41) is 9.99. The summed E-state index contributed by atoms with van der Waals surface area (Å²) in [6, 6.07) is 0. The lowest BCUT2D eigenvalue weighted by Crippen LogP contribution is -2.21. The highest BCUT2D eigenvalue weighted by Gasteiger charge is 2.23. The second-order valence-electron chi connectivity index (χ2n) is 8.03. The number of unbranched alkanes of at least 4 members (excludes halogenated alkanes) is 2. The van der Waals surface area contributed by atoms with Crippen molar-refractivity contribution in [3.05, 3.63) is 0 Å². The van der Waals surface area contributed by atoms with E-state index in [2.05, 4.69) is 0 Å². The first kappa shape index (κ1) is 21.3. The van der Waals surface area contributed by atoms with Crippen molar-refractivity contribution in [3.8, 4) is 0 Å². The molecule has 0 atom stereocenters. The number of hydrogen-bond acceptors (Lipinski definition) is 3. The van der Waals surface area contributed by atoms with E-state index in [1.165, 1.54) is 0 Å². The monoisotopic (exact) mass is 312 g/mol. The zero-order valence-electron chi connectivity index (χ0n) is 15.5. The molecule has 22 heavy (non-hydrogen) atoms. The zero-order chi connectivity index (χ0) is 17.4. The number of carbonyl (C=O) groups excluding carboxylic acids is 2. The maximum Gasteiger partial charge on any atom is 0.135 e. The van der Waals surface area contributed by atoms with Gasteiger partial charge in [-0.2, -0.15) is 0 Å². The van der Waals surface area contributed by atoms with Crippen LogP contribution in [0, 0.1) is 10.8 Å². The fourth-order valence-corrected chi connectivity index (χ4v) is 2.39. The predicted molar refractivity (Wildman–Crippen MR) is 91.9 cm³/mol. The van der Waals surface area contributed by atoms with Gasteiger partial charge < -0.3 is 5.11 Å². The van der Waals surface area contributed by atoms with Crippen LogP contribution < -0.4 is 0 Å². The van der Waals surface area contributed by atoms with Gasteiger partial charge in [0.1, 0.15) is 11.6 Å². The van der Waals surface area contributed by atoms with Crippen molar-refractivity contribution in [3.63, 3.8) is 0 Å². The maximum atomic E-state index is 11.4. The Morgan fingerprint density at radius 3 is 1.36 bits per heavy atom. The van der Waals surface area contributed by atoms with Gasteiger partial charge in [0.15, 0.2) is 0 Å². The molecule has 1 N–H and O–H groups in total. The summed E-state index contributed by atoms with van der Waals surface area (Å²) >= 11 is 0. The van der Waals surface area contributed by atoms with Gasteiger partial charge in [0.05, 0.1) is 6.10 Å². The number of Topliss-reactive ketones (excluding diaryl/α,β-unsaturated/α-hetero) is 2. The summed E-state index contributed by atoms with van der Waals surface area (Å²) in [6.45, 7) is 11.3. The molecule has 0 aliphatic carbocycles. The minimum atomic E-state index is -0.249. The second-order valence-corrected chi connectivity index (χ2v) is 8.03. The summed E-state index contributed by atoms with van der Waals surface area (Å²) in [6.07, 6.45) is 7.06. The molecule has 0 aromatic carbocycles. The number of aliphatic hydroxyl groups excluding tert-OH is 1. The summed E-state index contributed by atoms with van der Waals surface area (Å²) in [4.78, 5) is 22.8. The summed E-state index contributed by atoms with van der Waals surface area (Å²) in [5.41, 5.74) is -0.466. The fourth-order valence-electron chi connectivity index (χ4n) is 2.39. The van der Waals surface area contributed by atoms with E-state index in [-0.39, 0.29) is 28.5 Å². The van der Waals surface area contributed by atoms with Gasteiger partial charge in [-0.15, -0.1) is 0 Å². The molecule has 0 unspecified atom stereocenters. The molecular weight excluding hydrogens is 276 g/mol. The van der Waals surface area contributed by atoms with Crippen LogP contribution in [0.2, 0.25) is 0 Å². The van der Waals surface area contributed by atoms with Crippen molar-refractivity contribution in [2.45, 2.75) is 99.0 Å². The topological polar surface area (TPSA) is 54.4 Å². The largest absolute Gasteiger partial charge is 0.393 e. The Hall–Kier alpha value is -0.700. The number of hydrogen-bond donors (Lipinski definition) is 1. The molecule has 0 saturated carbocycles. The average molecular weight is 312 g/mol. The lowest BCUT2D eigenvalue weighted by Gasteiger charge is -2.21. The molecule has 0 fully saturated rings. The van der Waals surface area contributed by atoms with Crippen LogP contribution in [0.25, 0.3) is 0 Å². The number of carbonyl (C=O) groups is 2. The molecule has 0 bridgehead atoms. The van der Waals surface area contributed by atoms with E-state index in [1.54, 1.807) is 13.8 Å².